The van der Waals surface area contributed by atoms with E-state index in [9.17, 15) is 4.79 Å². The lowest BCUT2D eigenvalue weighted by Gasteiger charge is -2.04. The molecular weight excluding hydrogens is 210 g/mol. The zero-order valence-electron chi connectivity index (χ0n) is 7.11. The van der Waals surface area contributed by atoms with Gasteiger partial charge in [-0.15, -0.1) is 0 Å². The topological polar surface area (TPSA) is 79.7 Å². The number of carboxylic acids is 1. The molecule has 0 bridgehead atoms. The summed E-state index contributed by atoms with van der Waals surface area (Å²) < 4.78 is 4.92. The molecule has 0 amide bonds. The van der Waals surface area contributed by atoms with E-state index in [1.54, 1.807) is 0 Å². The highest BCUT2D eigenvalue weighted by atomic mass is 35.5. The highest BCUT2D eigenvalue weighted by molar-refractivity contribution is 6.33. The van der Waals surface area contributed by atoms with Crippen LogP contribution in [0.15, 0.2) is 12.3 Å². The first-order chi connectivity index (χ1) is 6.65. The molecule has 1 rings (SSSR count). The molecule has 0 fully saturated rings. The molecule has 0 unspecified atom stereocenters. The zero-order chi connectivity index (χ0) is 10.6. The molecule has 14 heavy (non-hydrogen) atoms. The predicted molar refractivity (Wildman–Crippen MR) is 48.8 cm³/mol. The number of carbonyl (C=O) groups is 1. The van der Waals surface area contributed by atoms with Crippen molar-refractivity contribution < 1.29 is 19.7 Å². The van der Waals surface area contributed by atoms with Gasteiger partial charge in [-0.05, 0) is 0 Å². The molecule has 0 spiro atoms. The summed E-state index contributed by atoms with van der Waals surface area (Å²) in [6, 6.07) is 1.21. The summed E-state index contributed by atoms with van der Waals surface area (Å²) in [5.41, 5.74) is -0.0744. The van der Waals surface area contributed by atoms with E-state index in [2.05, 4.69) is 4.98 Å². The quantitative estimate of drug-likeness (QED) is 0.780. The predicted octanol–water partition coefficient (Wildman–Crippen LogP) is 0.804. The molecule has 0 radical (unpaired) electrons. The van der Waals surface area contributed by atoms with Crippen LogP contribution in [0.5, 0.6) is 5.88 Å². The van der Waals surface area contributed by atoms with Gasteiger partial charge in [0, 0.05) is 6.07 Å². The summed E-state index contributed by atoms with van der Waals surface area (Å²) in [5, 5.41) is 17.2. The van der Waals surface area contributed by atoms with Crippen molar-refractivity contribution in [2.75, 3.05) is 13.2 Å². The van der Waals surface area contributed by atoms with Crippen LogP contribution in [0, 0.1) is 0 Å². The highest BCUT2D eigenvalue weighted by Crippen LogP contribution is 2.18. The number of rotatable bonds is 4. The van der Waals surface area contributed by atoms with Gasteiger partial charge in [-0.3, -0.25) is 0 Å². The molecule has 0 aliphatic carbocycles. The summed E-state index contributed by atoms with van der Waals surface area (Å²) in [5.74, 6) is -1.02. The van der Waals surface area contributed by atoms with Gasteiger partial charge >= 0.3 is 5.97 Å². The van der Waals surface area contributed by atoms with Crippen LogP contribution in [0.4, 0.5) is 0 Å². The fraction of sp³-hybridized carbons (Fsp3) is 0.250. The van der Waals surface area contributed by atoms with E-state index in [1.165, 1.54) is 12.3 Å². The highest BCUT2D eigenvalue weighted by Gasteiger charge is 2.10. The normalized spacial score (nSPS) is 9.86. The minimum absolute atomic E-state index is 0.0499. The first kappa shape index (κ1) is 10.7. The fourth-order valence-electron chi connectivity index (χ4n) is 0.813. The lowest BCUT2D eigenvalue weighted by molar-refractivity contribution is 0.0696. The van der Waals surface area contributed by atoms with Gasteiger partial charge in [-0.1, -0.05) is 11.6 Å². The van der Waals surface area contributed by atoms with Crippen LogP contribution < -0.4 is 4.74 Å². The van der Waals surface area contributed by atoms with Crippen molar-refractivity contribution in [1.29, 1.82) is 0 Å². The van der Waals surface area contributed by atoms with Crippen LogP contribution in [0.25, 0.3) is 0 Å². The van der Waals surface area contributed by atoms with E-state index < -0.39 is 5.97 Å². The molecule has 6 heteroatoms. The maximum atomic E-state index is 10.6. The lowest BCUT2D eigenvalue weighted by atomic mass is 10.3. The Hall–Kier alpha value is -1.33. The standard InChI is InChI=1S/C8H8ClNO4/c9-6-4-10-7(14-2-1-11)3-5(6)8(12)13/h3-4,11H,1-2H2,(H,12,13). The van der Waals surface area contributed by atoms with E-state index in [1.807, 2.05) is 0 Å². The van der Waals surface area contributed by atoms with Crippen LogP contribution in [-0.2, 0) is 0 Å². The Labute approximate surface area is 84.9 Å². The van der Waals surface area contributed by atoms with E-state index in [4.69, 9.17) is 26.6 Å². The van der Waals surface area contributed by atoms with Crippen molar-refractivity contribution >= 4 is 17.6 Å². The molecule has 0 aliphatic heterocycles. The van der Waals surface area contributed by atoms with Gasteiger partial charge in [0.15, 0.2) is 0 Å². The van der Waals surface area contributed by atoms with Gasteiger partial charge in [-0.25, -0.2) is 9.78 Å². The molecule has 2 N–H and O–H groups in total. The molecule has 76 valence electrons. The van der Waals surface area contributed by atoms with Crippen LogP contribution in [0.3, 0.4) is 0 Å². The number of carboxylic acid groups (broad SMARTS) is 1. The van der Waals surface area contributed by atoms with Crippen molar-refractivity contribution in [2.24, 2.45) is 0 Å². The molecule has 1 heterocycles. The van der Waals surface area contributed by atoms with Crippen molar-refractivity contribution in [3.63, 3.8) is 0 Å². The third-order valence-corrected chi connectivity index (χ3v) is 1.70. The number of aliphatic hydroxyl groups excluding tert-OH is 1. The third-order valence-electron chi connectivity index (χ3n) is 1.40. The minimum atomic E-state index is -1.15. The first-order valence-electron chi connectivity index (χ1n) is 3.77. The minimum Gasteiger partial charge on any atom is -0.478 e. The first-order valence-corrected chi connectivity index (χ1v) is 4.15. The second kappa shape index (κ2) is 4.78. The molecule has 0 saturated heterocycles. The van der Waals surface area contributed by atoms with E-state index in [0.717, 1.165) is 0 Å². The van der Waals surface area contributed by atoms with Gasteiger partial charge in [0.25, 0.3) is 0 Å². The molecule has 0 saturated carbocycles. The fourth-order valence-corrected chi connectivity index (χ4v) is 0.997. The average molecular weight is 218 g/mol. The smallest absolute Gasteiger partial charge is 0.337 e. The Morgan fingerprint density at radius 3 is 2.93 bits per heavy atom. The van der Waals surface area contributed by atoms with E-state index >= 15 is 0 Å². The van der Waals surface area contributed by atoms with Crippen molar-refractivity contribution in [2.45, 2.75) is 0 Å². The second-order valence-electron chi connectivity index (χ2n) is 2.38. The van der Waals surface area contributed by atoms with Crippen LogP contribution in [-0.4, -0.2) is 34.4 Å². The number of pyridine rings is 1. The Bertz CT molecular complexity index is 342. The summed E-state index contributed by atoms with van der Waals surface area (Å²) >= 11 is 5.58. The summed E-state index contributed by atoms with van der Waals surface area (Å²) in [4.78, 5) is 14.4. The number of aromatic carboxylic acids is 1. The molecule has 1 aromatic heterocycles. The molecule has 1 aromatic rings. The van der Waals surface area contributed by atoms with Gasteiger partial charge in [0.05, 0.1) is 23.4 Å². The van der Waals surface area contributed by atoms with Gasteiger partial charge < -0.3 is 14.9 Å². The molecule has 0 aromatic carbocycles. The maximum absolute atomic E-state index is 10.6. The molecule has 0 atom stereocenters. The molecule has 5 nitrogen and oxygen atoms in total. The van der Waals surface area contributed by atoms with Crippen molar-refractivity contribution in [3.05, 3.63) is 22.8 Å². The number of hydrogen-bond donors (Lipinski definition) is 2. The third kappa shape index (κ3) is 2.58. The van der Waals surface area contributed by atoms with Crippen molar-refractivity contribution in [1.82, 2.24) is 4.98 Å². The number of halogens is 1. The largest absolute Gasteiger partial charge is 0.478 e. The van der Waals surface area contributed by atoms with Gasteiger partial charge in [-0.2, -0.15) is 0 Å². The lowest BCUT2D eigenvalue weighted by Crippen LogP contribution is -2.05. The number of nitrogens with zero attached hydrogens (tertiary/aromatic N) is 1. The zero-order valence-corrected chi connectivity index (χ0v) is 7.86. The van der Waals surface area contributed by atoms with Gasteiger partial charge in [0.1, 0.15) is 6.61 Å². The molecular formula is C8H8ClNO4. The average Bonchev–Trinajstić information content (AvgIpc) is 2.16. The van der Waals surface area contributed by atoms with Crippen LogP contribution in [0.1, 0.15) is 10.4 Å². The Morgan fingerprint density at radius 1 is 1.64 bits per heavy atom. The number of ether oxygens (including phenoxy) is 1. The van der Waals surface area contributed by atoms with E-state index in [-0.39, 0.29) is 29.7 Å². The second-order valence-corrected chi connectivity index (χ2v) is 2.79. The number of aliphatic hydroxyl groups is 1. The van der Waals surface area contributed by atoms with Crippen LogP contribution in [0.2, 0.25) is 5.02 Å². The molecule has 0 aliphatic rings. The number of aromatic nitrogens is 1. The van der Waals surface area contributed by atoms with Crippen LogP contribution >= 0.6 is 11.6 Å². The monoisotopic (exact) mass is 217 g/mol. The Balaban J connectivity index is 2.89. The summed E-state index contributed by atoms with van der Waals surface area (Å²) in [6.45, 7) is -0.0968. The Kier molecular flexibility index (Phi) is 3.67. The van der Waals surface area contributed by atoms with E-state index in [0.29, 0.717) is 0 Å². The maximum Gasteiger partial charge on any atom is 0.337 e. The number of hydrogen-bond acceptors (Lipinski definition) is 4. The SMILES string of the molecule is O=C(O)c1cc(OCCO)ncc1Cl. The van der Waals surface area contributed by atoms with Gasteiger partial charge in [0.2, 0.25) is 5.88 Å². The summed E-state index contributed by atoms with van der Waals surface area (Å²) in [7, 11) is 0. The summed E-state index contributed by atoms with van der Waals surface area (Å²) in [6.07, 6.45) is 1.19. The Morgan fingerprint density at radius 2 is 2.36 bits per heavy atom. The van der Waals surface area contributed by atoms with Crippen molar-refractivity contribution in [3.8, 4) is 5.88 Å².